The maximum Gasteiger partial charge on any atom is 0.188 e. The first-order valence-corrected chi connectivity index (χ1v) is 11.4. The molecule has 5 nitrogen and oxygen atoms in total. The van der Waals surface area contributed by atoms with Gasteiger partial charge >= 0.3 is 0 Å². The normalized spacial score (nSPS) is 12.6. The van der Waals surface area contributed by atoms with Crippen molar-refractivity contribution in [3.63, 3.8) is 0 Å². The van der Waals surface area contributed by atoms with Gasteiger partial charge in [0.25, 0.3) is 0 Å². The van der Waals surface area contributed by atoms with Crippen molar-refractivity contribution in [1.29, 1.82) is 0 Å². The Labute approximate surface area is 142 Å². The van der Waals surface area contributed by atoms with E-state index in [2.05, 4.69) is 33.8 Å². The molecule has 0 N–H and O–H groups in total. The van der Waals surface area contributed by atoms with E-state index in [4.69, 9.17) is 16.3 Å². The molecule has 0 aromatic carbocycles. The second-order valence-electron chi connectivity index (χ2n) is 5.62. The molecule has 0 aliphatic rings. The second kappa shape index (κ2) is 7.68. The molecule has 0 fully saturated rings. The van der Waals surface area contributed by atoms with E-state index in [1.807, 2.05) is 12.3 Å². The minimum atomic E-state index is -0.532. The fraction of sp³-hybridized carbons (Fsp3) is 0.500. The van der Waals surface area contributed by atoms with Gasteiger partial charge in [-0.25, -0.2) is 24.7 Å². The molecule has 22 heavy (non-hydrogen) atoms. The summed E-state index contributed by atoms with van der Waals surface area (Å²) in [5.41, 5.74) is 0.845. The van der Waals surface area contributed by atoms with Crippen LogP contribution in [0.25, 0.3) is 11.4 Å². The number of thioether (sulfide) groups is 1. The van der Waals surface area contributed by atoms with Crippen LogP contribution in [-0.2, 0) is 11.5 Å². The largest absolute Gasteiger partial charge is 0.358 e. The number of rotatable bonds is 7. The van der Waals surface area contributed by atoms with Crippen LogP contribution in [-0.4, -0.2) is 57.1 Å². The van der Waals surface area contributed by atoms with E-state index in [1.165, 1.54) is 0 Å². The lowest BCUT2D eigenvalue weighted by atomic mass is 10.3. The first kappa shape index (κ1) is 17.6. The standard InChI is InChI=1S/C14H21ClN4OS2/c1-21-14-17-13(11-5-6-12(15)16-9-11)18-19(14)10-20-7-8-22(2,3)4/h5-6,9H,7-8,10H2,1-4H3. The van der Waals surface area contributed by atoms with Gasteiger partial charge in [-0.1, -0.05) is 23.4 Å². The maximum atomic E-state index is 5.80. The van der Waals surface area contributed by atoms with Crippen LogP contribution in [0.3, 0.4) is 0 Å². The number of pyridine rings is 1. The van der Waals surface area contributed by atoms with Crippen molar-refractivity contribution >= 4 is 33.4 Å². The number of aromatic nitrogens is 4. The molecule has 0 unspecified atom stereocenters. The maximum absolute atomic E-state index is 5.80. The lowest BCUT2D eigenvalue weighted by Gasteiger charge is -2.24. The van der Waals surface area contributed by atoms with Gasteiger partial charge in [0.15, 0.2) is 11.0 Å². The van der Waals surface area contributed by atoms with Crippen LogP contribution in [0, 0.1) is 0 Å². The number of hydrogen-bond acceptors (Lipinski definition) is 5. The van der Waals surface area contributed by atoms with Crippen LogP contribution in [0.15, 0.2) is 23.5 Å². The molecule has 8 heteroatoms. The van der Waals surface area contributed by atoms with E-state index in [1.54, 1.807) is 28.7 Å². The molecular weight excluding hydrogens is 340 g/mol. The van der Waals surface area contributed by atoms with E-state index in [9.17, 15) is 0 Å². The Hall–Kier alpha value is -0.760. The van der Waals surface area contributed by atoms with E-state index in [0.717, 1.165) is 23.1 Å². The van der Waals surface area contributed by atoms with Gasteiger partial charge in [-0.05, 0) is 37.2 Å². The van der Waals surface area contributed by atoms with Crippen molar-refractivity contribution in [1.82, 2.24) is 19.7 Å². The highest BCUT2D eigenvalue weighted by atomic mass is 35.5. The smallest absolute Gasteiger partial charge is 0.188 e. The van der Waals surface area contributed by atoms with Crippen molar-refractivity contribution in [2.75, 3.05) is 37.4 Å². The van der Waals surface area contributed by atoms with Gasteiger partial charge in [0.2, 0.25) is 0 Å². The van der Waals surface area contributed by atoms with Crippen molar-refractivity contribution in [3.05, 3.63) is 23.5 Å². The highest BCUT2D eigenvalue weighted by Gasteiger charge is 2.12. The predicted octanol–water partition coefficient (Wildman–Crippen LogP) is 3.38. The van der Waals surface area contributed by atoms with E-state index < -0.39 is 10.0 Å². The molecule has 0 aliphatic heterocycles. The molecule has 0 radical (unpaired) electrons. The van der Waals surface area contributed by atoms with Crippen LogP contribution in [0.4, 0.5) is 0 Å². The first-order valence-electron chi connectivity index (χ1n) is 6.73. The number of ether oxygens (including phenoxy) is 1. The van der Waals surface area contributed by atoms with E-state index in [-0.39, 0.29) is 0 Å². The fourth-order valence-electron chi connectivity index (χ4n) is 1.65. The number of halogens is 1. The molecule has 0 saturated carbocycles. The Morgan fingerprint density at radius 2 is 2.09 bits per heavy atom. The lowest BCUT2D eigenvalue weighted by molar-refractivity contribution is 0.0743. The molecule has 2 aromatic heterocycles. The Morgan fingerprint density at radius 3 is 2.68 bits per heavy atom. The Morgan fingerprint density at radius 1 is 1.32 bits per heavy atom. The van der Waals surface area contributed by atoms with Crippen LogP contribution in [0.5, 0.6) is 0 Å². The van der Waals surface area contributed by atoms with Gasteiger partial charge in [-0.2, -0.15) is 0 Å². The molecule has 0 atom stereocenters. The highest BCUT2D eigenvalue weighted by Crippen LogP contribution is 2.33. The molecule has 2 aromatic rings. The Bertz CT molecular complexity index is 610. The summed E-state index contributed by atoms with van der Waals surface area (Å²) in [5, 5.41) is 5.78. The molecule has 0 bridgehead atoms. The monoisotopic (exact) mass is 360 g/mol. The van der Waals surface area contributed by atoms with Gasteiger partial charge in [-0.15, -0.1) is 5.10 Å². The average Bonchev–Trinajstić information content (AvgIpc) is 2.86. The molecule has 0 aliphatic carbocycles. The summed E-state index contributed by atoms with van der Waals surface area (Å²) in [7, 11) is -0.532. The molecule has 122 valence electrons. The van der Waals surface area contributed by atoms with Crippen LogP contribution in [0.2, 0.25) is 5.15 Å². The summed E-state index contributed by atoms with van der Waals surface area (Å²) in [6.45, 7) is 1.16. The summed E-state index contributed by atoms with van der Waals surface area (Å²) in [6.07, 6.45) is 10.5. The summed E-state index contributed by atoms with van der Waals surface area (Å²) in [5.74, 6) is 1.73. The second-order valence-corrected chi connectivity index (χ2v) is 11.4. The minimum absolute atomic E-state index is 0.416. The predicted molar refractivity (Wildman–Crippen MR) is 96.2 cm³/mol. The molecule has 0 spiro atoms. The SMILES string of the molecule is CSc1nc(-c2ccc(Cl)nc2)nn1COCCS(C)(C)C. The van der Waals surface area contributed by atoms with Crippen molar-refractivity contribution < 1.29 is 4.74 Å². The summed E-state index contributed by atoms with van der Waals surface area (Å²) >= 11 is 7.35. The van der Waals surface area contributed by atoms with Crippen LogP contribution >= 0.6 is 33.4 Å². The third-order valence-corrected chi connectivity index (χ3v) is 5.14. The molecular formula is C14H21ClN4OS2. The molecule has 2 heterocycles. The zero-order valence-corrected chi connectivity index (χ0v) is 15.6. The van der Waals surface area contributed by atoms with Gasteiger partial charge in [0, 0.05) is 17.5 Å². The number of hydrogen-bond donors (Lipinski definition) is 0. The Balaban J connectivity index is 2.04. The zero-order valence-electron chi connectivity index (χ0n) is 13.2. The van der Waals surface area contributed by atoms with E-state index in [0.29, 0.717) is 17.7 Å². The fourth-order valence-corrected chi connectivity index (χ4v) is 2.86. The molecule has 2 rings (SSSR count). The van der Waals surface area contributed by atoms with Gasteiger partial charge in [-0.3, -0.25) is 0 Å². The van der Waals surface area contributed by atoms with Gasteiger partial charge < -0.3 is 4.74 Å². The topological polar surface area (TPSA) is 52.8 Å². The number of nitrogens with zero attached hydrogens (tertiary/aromatic N) is 4. The van der Waals surface area contributed by atoms with Gasteiger partial charge in [0.05, 0.1) is 6.61 Å². The Kier molecular flexibility index (Phi) is 6.14. The summed E-state index contributed by atoms with van der Waals surface area (Å²) in [6, 6.07) is 3.60. The zero-order chi connectivity index (χ0) is 16.2. The average molecular weight is 361 g/mol. The summed E-state index contributed by atoms with van der Waals surface area (Å²) < 4.78 is 7.52. The van der Waals surface area contributed by atoms with Crippen molar-refractivity contribution in [2.24, 2.45) is 0 Å². The van der Waals surface area contributed by atoms with Crippen LogP contribution < -0.4 is 0 Å². The van der Waals surface area contributed by atoms with Crippen LogP contribution in [0.1, 0.15) is 0 Å². The van der Waals surface area contributed by atoms with Gasteiger partial charge in [0.1, 0.15) is 11.9 Å². The van der Waals surface area contributed by atoms with E-state index >= 15 is 0 Å². The lowest BCUT2D eigenvalue weighted by Crippen LogP contribution is -2.11. The minimum Gasteiger partial charge on any atom is -0.358 e. The summed E-state index contributed by atoms with van der Waals surface area (Å²) in [4.78, 5) is 8.58. The van der Waals surface area contributed by atoms with Crippen molar-refractivity contribution in [2.45, 2.75) is 11.9 Å². The highest BCUT2D eigenvalue weighted by molar-refractivity contribution is 8.32. The third kappa shape index (κ3) is 5.15. The quantitative estimate of drug-likeness (QED) is 0.430. The first-order chi connectivity index (χ1) is 10.4. The molecule has 0 amide bonds. The molecule has 0 saturated heterocycles. The van der Waals surface area contributed by atoms with Crippen molar-refractivity contribution in [3.8, 4) is 11.4 Å². The third-order valence-electron chi connectivity index (χ3n) is 2.86.